The van der Waals surface area contributed by atoms with Crippen molar-refractivity contribution in [1.29, 1.82) is 0 Å². The first-order valence-corrected chi connectivity index (χ1v) is 14.3. The van der Waals surface area contributed by atoms with Crippen LogP contribution in [0.4, 0.5) is 19.0 Å². The molecule has 0 bridgehead atoms. The van der Waals surface area contributed by atoms with Gasteiger partial charge in [-0.2, -0.15) is 5.10 Å². The topological polar surface area (TPSA) is 62.9 Å². The average molecular weight is 570 g/mol. The molecule has 1 fully saturated rings. The predicted octanol–water partition coefficient (Wildman–Crippen LogP) is 7.59. The van der Waals surface area contributed by atoms with Gasteiger partial charge in [0, 0.05) is 40.2 Å². The van der Waals surface area contributed by atoms with Gasteiger partial charge in [0.1, 0.15) is 11.6 Å². The molecule has 1 aliphatic heterocycles. The molecule has 5 nitrogen and oxygen atoms in total. The zero-order chi connectivity index (χ0) is 29.5. The summed E-state index contributed by atoms with van der Waals surface area (Å²) in [6, 6.07) is 17.6. The molecule has 42 heavy (non-hydrogen) atoms. The SMILES string of the molecule is C=C(c1cc2cc(C3CCN(C(C)C)CC3)c(F)cc2[nH]1)c1cnn(-c2ccc(Cc3cccc(F)c3F)cc2)c1N. The van der Waals surface area contributed by atoms with Gasteiger partial charge in [-0.25, -0.2) is 17.9 Å². The number of nitrogens with one attached hydrogen (secondary N) is 1. The quantitative estimate of drug-likeness (QED) is 0.212. The lowest BCUT2D eigenvalue weighted by Crippen LogP contribution is -2.37. The molecule has 0 aliphatic carbocycles. The maximum atomic E-state index is 15.2. The molecule has 0 saturated carbocycles. The van der Waals surface area contributed by atoms with Crippen molar-refractivity contribution in [1.82, 2.24) is 19.7 Å². The number of aromatic nitrogens is 3. The van der Waals surface area contributed by atoms with Crippen LogP contribution in [0.25, 0.3) is 22.2 Å². The van der Waals surface area contributed by atoms with E-state index >= 15 is 4.39 Å². The number of halogens is 3. The second kappa shape index (κ2) is 11.2. The molecule has 3 heterocycles. The number of hydrogen-bond donors (Lipinski definition) is 2. The van der Waals surface area contributed by atoms with Gasteiger partial charge < -0.3 is 15.6 Å². The van der Waals surface area contributed by atoms with Crippen molar-refractivity contribution in [2.75, 3.05) is 18.8 Å². The fraction of sp³-hybridized carbons (Fsp3) is 0.265. The summed E-state index contributed by atoms with van der Waals surface area (Å²) in [4.78, 5) is 5.75. The number of anilines is 1. The number of aromatic amines is 1. The van der Waals surface area contributed by atoms with E-state index in [1.165, 1.54) is 6.07 Å². The van der Waals surface area contributed by atoms with Crippen molar-refractivity contribution in [2.24, 2.45) is 0 Å². The molecule has 1 aliphatic rings. The predicted molar refractivity (Wildman–Crippen MR) is 162 cm³/mol. The van der Waals surface area contributed by atoms with Crippen LogP contribution in [0.15, 0.2) is 73.4 Å². The molecule has 3 N–H and O–H groups in total. The molecule has 0 spiro atoms. The summed E-state index contributed by atoms with van der Waals surface area (Å²) in [5, 5.41) is 5.41. The number of piperidine rings is 1. The Bertz CT molecular complexity index is 1760. The molecule has 0 atom stereocenters. The third-order valence-electron chi connectivity index (χ3n) is 8.50. The first-order valence-electron chi connectivity index (χ1n) is 14.3. The van der Waals surface area contributed by atoms with Gasteiger partial charge in [-0.05, 0) is 98.8 Å². The van der Waals surface area contributed by atoms with E-state index in [4.69, 9.17) is 5.73 Å². The second-order valence-corrected chi connectivity index (χ2v) is 11.4. The highest BCUT2D eigenvalue weighted by Gasteiger charge is 2.25. The van der Waals surface area contributed by atoms with Gasteiger partial charge in [0.2, 0.25) is 0 Å². The first kappa shape index (κ1) is 27.8. The van der Waals surface area contributed by atoms with Crippen LogP contribution in [-0.2, 0) is 6.42 Å². The van der Waals surface area contributed by atoms with E-state index in [9.17, 15) is 8.78 Å². The highest BCUT2D eigenvalue weighted by molar-refractivity contribution is 5.90. The number of H-pyrrole nitrogens is 1. The monoisotopic (exact) mass is 569 g/mol. The Morgan fingerprint density at radius 2 is 1.76 bits per heavy atom. The molecule has 6 rings (SSSR count). The Balaban J connectivity index is 1.21. The van der Waals surface area contributed by atoms with Gasteiger partial charge in [0.05, 0.1) is 11.9 Å². The number of nitrogens with zero attached hydrogens (tertiary/aromatic N) is 3. The molecule has 0 radical (unpaired) electrons. The van der Waals surface area contributed by atoms with Crippen molar-refractivity contribution in [3.63, 3.8) is 0 Å². The van der Waals surface area contributed by atoms with E-state index in [2.05, 4.69) is 35.4 Å². The molecule has 3 aromatic carbocycles. The van der Waals surface area contributed by atoms with E-state index in [-0.39, 0.29) is 18.2 Å². The maximum absolute atomic E-state index is 15.2. The van der Waals surface area contributed by atoms with Crippen molar-refractivity contribution < 1.29 is 13.2 Å². The lowest BCUT2D eigenvalue weighted by Gasteiger charge is -2.34. The van der Waals surface area contributed by atoms with Crippen LogP contribution in [0.3, 0.4) is 0 Å². The van der Waals surface area contributed by atoms with Crippen LogP contribution in [0.2, 0.25) is 0 Å². The minimum absolute atomic E-state index is 0.180. The summed E-state index contributed by atoms with van der Waals surface area (Å²) in [7, 11) is 0. The molecule has 1 saturated heterocycles. The molecule has 5 aromatic rings. The van der Waals surface area contributed by atoms with Gasteiger partial charge in [-0.1, -0.05) is 30.8 Å². The summed E-state index contributed by atoms with van der Waals surface area (Å²) in [6.45, 7) is 10.6. The van der Waals surface area contributed by atoms with E-state index in [0.717, 1.165) is 59.9 Å². The minimum atomic E-state index is -0.857. The highest BCUT2D eigenvalue weighted by atomic mass is 19.2. The number of likely N-dealkylation sites (tertiary alicyclic amines) is 1. The molecular weight excluding hydrogens is 535 g/mol. The third-order valence-corrected chi connectivity index (χ3v) is 8.50. The summed E-state index contributed by atoms with van der Waals surface area (Å²) >= 11 is 0. The van der Waals surface area contributed by atoms with Crippen molar-refractivity contribution in [2.45, 2.75) is 45.1 Å². The minimum Gasteiger partial charge on any atom is -0.383 e. The zero-order valence-electron chi connectivity index (χ0n) is 23.8. The molecule has 216 valence electrons. The zero-order valence-corrected chi connectivity index (χ0v) is 23.8. The third kappa shape index (κ3) is 5.23. The van der Waals surface area contributed by atoms with Crippen LogP contribution >= 0.6 is 0 Å². The fourth-order valence-corrected chi connectivity index (χ4v) is 5.98. The van der Waals surface area contributed by atoms with E-state index in [1.807, 2.05) is 36.4 Å². The van der Waals surface area contributed by atoms with Gasteiger partial charge in [0.25, 0.3) is 0 Å². The number of nitrogen functional groups attached to an aromatic ring is 1. The normalized spacial score (nSPS) is 14.7. The maximum Gasteiger partial charge on any atom is 0.162 e. The lowest BCUT2D eigenvalue weighted by molar-refractivity contribution is 0.171. The van der Waals surface area contributed by atoms with Crippen LogP contribution in [0.1, 0.15) is 60.6 Å². The number of benzene rings is 3. The van der Waals surface area contributed by atoms with Crippen LogP contribution in [0, 0.1) is 17.5 Å². The molecule has 8 heteroatoms. The summed E-state index contributed by atoms with van der Waals surface area (Å²) in [6.07, 6.45) is 3.82. The Morgan fingerprint density at radius 3 is 2.48 bits per heavy atom. The van der Waals surface area contributed by atoms with Crippen molar-refractivity contribution >= 4 is 22.3 Å². The van der Waals surface area contributed by atoms with Gasteiger partial charge in [0.15, 0.2) is 11.6 Å². The Labute approximate surface area is 243 Å². The Kier molecular flexibility index (Phi) is 7.41. The Hall–Kier alpha value is -4.30. The molecule has 0 unspecified atom stereocenters. The molecular formula is C34H34F3N5. The second-order valence-electron chi connectivity index (χ2n) is 11.4. The number of nitrogens with two attached hydrogens (primary N) is 1. The highest BCUT2D eigenvalue weighted by Crippen LogP contribution is 2.35. The molecule has 2 aromatic heterocycles. The number of rotatable bonds is 7. The lowest BCUT2D eigenvalue weighted by atomic mass is 9.88. The van der Waals surface area contributed by atoms with E-state index < -0.39 is 11.6 Å². The fourth-order valence-electron chi connectivity index (χ4n) is 5.98. The van der Waals surface area contributed by atoms with Crippen LogP contribution in [0.5, 0.6) is 0 Å². The van der Waals surface area contributed by atoms with E-state index in [1.54, 1.807) is 23.0 Å². The Morgan fingerprint density at radius 1 is 1.02 bits per heavy atom. The summed E-state index contributed by atoms with van der Waals surface area (Å²) < 4.78 is 44.5. The summed E-state index contributed by atoms with van der Waals surface area (Å²) in [5.74, 6) is -1.25. The smallest absolute Gasteiger partial charge is 0.162 e. The molecule has 0 amide bonds. The van der Waals surface area contributed by atoms with Gasteiger partial charge in [-0.15, -0.1) is 0 Å². The summed E-state index contributed by atoms with van der Waals surface area (Å²) in [5.41, 5.74) is 11.9. The number of hydrogen-bond acceptors (Lipinski definition) is 3. The standard InChI is InChI=1S/C34H34F3N5/c1-20(2)41-13-11-23(12-14-41)27-16-25-17-31(40-32(25)18-30(27)36)21(3)28-19-39-42(34(28)38)26-9-7-22(8-10-26)15-24-5-4-6-29(35)33(24)37/h4-10,16-20,23,40H,3,11-15,38H2,1-2H3. The van der Waals surface area contributed by atoms with Crippen molar-refractivity contribution in [3.05, 3.63) is 119 Å². The van der Waals surface area contributed by atoms with Crippen molar-refractivity contribution in [3.8, 4) is 5.69 Å². The van der Waals surface area contributed by atoms with Crippen LogP contribution in [-0.4, -0.2) is 38.8 Å². The van der Waals surface area contributed by atoms with Crippen LogP contribution < -0.4 is 5.73 Å². The van der Waals surface area contributed by atoms with Gasteiger partial charge in [-0.3, -0.25) is 0 Å². The average Bonchev–Trinajstić information content (AvgIpc) is 3.58. The van der Waals surface area contributed by atoms with E-state index in [0.29, 0.717) is 34.1 Å². The number of fused-ring (bicyclic) bond motifs is 1. The first-order chi connectivity index (χ1) is 20.2. The van der Waals surface area contributed by atoms with Gasteiger partial charge >= 0.3 is 0 Å². The largest absolute Gasteiger partial charge is 0.383 e.